The summed E-state index contributed by atoms with van der Waals surface area (Å²) in [5.74, 6) is -2.13. The number of primary amides is 1. The Bertz CT molecular complexity index is 242. The molecular weight excluding hydrogens is 194 g/mol. The first-order valence-corrected chi connectivity index (χ1v) is 3.63. The Hall–Kier alpha value is -1.83. The second kappa shape index (κ2) is 5.75. The molecule has 8 nitrogen and oxygen atoms in total. The van der Waals surface area contributed by atoms with E-state index in [-0.39, 0.29) is 0 Å². The number of rotatable bonds is 5. The highest BCUT2D eigenvalue weighted by Gasteiger charge is 2.18. The van der Waals surface area contributed by atoms with Gasteiger partial charge in [0.25, 0.3) is 0 Å². The predicted octanol–water partition coefficient (Wildman–Crippen LogP) is -2.78. The van der Waals surface area contributed by atoms with Gasteiger partial charge in [-0.15, -0.1) is 0 Å². The number of hydrogen-bond acceptors (Lipinski definition) is 4. The first-order chi connectivity index (χ1) is 6.47. The van der Waals surface area contributed by atoms with E-state index < -0.39 is 37.1 Å². The van der Waals surface area contributed by atoms with E-state index in [0.29, 0.717) is 0 Å². The van der Waals surface area contributed by atoms with Crippen LogP contribution in [0.4, 0.5) is 4.79 Å². The number of urea groups is 1. The quantitative estimate of drug-likeness (QED) is 0.330. The first kappa shape index (κ1) is 12.2. The summed E-state index contributed by atoms with van der Waals surface area (Å²) in [6.07, 6.45) is 0. The average Bonchev–Trinajstić information content (AvgIpc) is 2.10. The van der Waals surface area contributed by atoms with Crippen molar-refractivity contribution in [2.24, 2.45) is 5.73 Å². The summed E-state index contributed by atoms with van der Waals surface area (Å²) >= 11 is 0. The lowest BCUT2D eigenvalue weighted by Gasteiger charge is -2.11. The molecule has 0 aliphatic rings. The number of carbonyl (C=O) groups excluding carboxylic acids is 2. The molecule has 0 saturated heterocycles. The Morgan fingerprint density at radius 2 is 1.93 bits per heavy atom. The second-order valence-corrected chi connectivity index (χ2v) is 2.37. The van der Waals surface area contributed by atoms with Gasteiger partial charge in [0.15, 0.2) is 6.04 Å². The molecule has 0 heterocycles. The maximum absolute atomic E-state index is 10.8. The van der Waals surface area contributed by atoms with Crippen LogP contribution in [-0.4, -0.2) is 47.3 Å². The van der Waals surface area contributed by atoms with E-state index in [1.807, 2.05) is 10.6 Å². The minimum absolute atomic E-state index is 0.399. The molecule has 1 atom stereocenters. The molecule has 0 fully saturated rings. The van der Waals surface area contributed by atoms with E-state index >= 15 is 0 Å². The number of aliphatic hydroxyl groups is 1. The third-order valence-electron chi connectivity index (χ3n) is 1.21. The zero-order chi connectivity index (χ0) is 11.1. The molecule has 0 saturated carbocycles. The number of nitrogens with two attached hydrogens (primary N) is 1. The van der Waals surface area contributed by atoms with Crippen molar-refractivity contribution in [1.29, 1.82) is 0 Å². The molecule has 0 aliphatic carbocycles. The molecule has 0 aromatic rings. The molecule has 6 N–H and O–H groups in total. The fraction of sp³-hybridized carbons (Fsp3) is 0.500. The average molecular weight is 205 g/mol. The molecule has 0 aliphatic heterocycles. The molecule has 0 unspecified atom stereocenters. The molecule has 0 bridgehead atoms. The maximum Gasteiger partial charge on any atom is 0.328 e. The number of nitrogens with one attached hydrogen (secondary N) is 2. The summed E-state index contributed by atoms with van der Waals surface area (Å²) in [7, 11) is 0. The molecule has 8 heteroatoms. The van der Waals surface area contributed by atoms with Crippen molar-refractivity contribution in [2.75, 3.05) is 13.2 Å². The van der Waals surface area contributed by atoms with E-state index in [9.17, 15) is 14.4 Å². The van der Waals surface area contributed by atoms with E-state index in [1.165, 1.54) is 0 Å². The molecule has 0 rings (SSSR count). The predicted molar refractivity (Wildman–Crippen MR) is 44.2 cm³/mol. The third-order valence-corrected chi connectivity index (χ3v) is 1.21. The molecule has 0 aromatic carbocycles. The van der Waals surface area contributed by atoms with Gasteiger partial charge in [-0.05, 0) is 0 Å². The summed E-state index contributed by atoms with van der Waals surface area (Å²) in [5.41, 5.74) is 4.72. The van der Waals surface area contributed by atoms with Crippen LogP contribution in [0.1, 0.15) is 0 Å². The van der Waals surface area contributed by atoms with Crippen LogP contribution >= 0.6 is 0 Å². The van der Waals surface area contributed by atoms with Gasteiger partial charge >= 0.3 is 12.0 Å². The normalized spacial score (nSPS) is 11.5. The van der Waals surface area contributed by atoms with Crippen LogP contribution in [0.2, 0.25) is 0 Å². The Morgan fingerprint density at radius 1 is 1.36 bits per heavy atom. The van der Waals surface area contributed by atoms with Crippen LogP contribution in [0.15, 0.2) is 0 Å². The minimum atomic E-state index is -1.40. The summed E-state index contributed by atoms with van der Waals surface area (Å²) in [4.78, 5) is 31.3. The van der Waals surface area contributed by atoms with Crippen LogP contribution in [0.5, 0.6) is 0 Å². The molecule has 80 valence electrons. The summed E-state index contributed by atoms with van der Waals surface area (Å²) in [6, 6.07) is -2.28. The standard InChI is InChI=1S/C6H11N3O5/c7-4(11)1-8-6(14)9-3(2-10)5(12)13/h3,10H,1-2H2,(H2,7,11)(H,12,13)(H2,8,9,14)/t3-/m1/s1. The number of carboxylic acid groups (broad SMARTS) is 1. The number of amides is 3. The first-order valence-electron chi connectivity index (χ1n) is 3.63. The lowest BCUT2D eigenvalue weighted by atomic mass is 10.3. The molecule has 0 aromatic heterocycles. The molecule has 14 heavy (non-hydrogen) atoms. The SMILES string of the molecule is NC(=O)CNC(=O)N[C@H](CO)C(=O)O. The number of carbonyl (C=O) groups is 3. The highest BCUT2D eigenvalue weighted by molar-refractivity contribution is 5.85. The van der Waals surface area contributed by atoms with E-state index in [2.05, 4.69) is 0 Å². The van der Waals surface area contributed by atoms with Crippen molar-refractivity contribution in [2.45, 2.75) is 6.04 Å². The van der Waals surface area contributed by atoms with Crippen LogP contribution in [0.3, 0.4) is 0 Å². The Morgan fingerprint density at radius 3 is 2.29 bits per heavy atom. The van der Waals surface area contributed by atoms with Gasteiger partial charge in [0.1, 0.15) is 0 Å². The van der Waals surface area contributed by atoms with E-state index in [0.717, 1.165) is 0 Å². The van der Waals surface area contributed by atoms with Gasteiger partial charge in [0.05, 0.1) is 13.2 Å². The van der Waals surface area contributed by atoms with Gasteiger partial charge in [-0.2, -0.15) is 0 Å². The van der Waals surface area contributed by atoms with Crippen LogP contribution < -0.4 is 16.4 Å². The van der Waals surface area contributed by atoms with Crippen molar-refractivity contribution in [3.8, 4) is 0 Å². The Balaban J connectivity index is 3.91. The lowest BCUT2D eigenvalue weighted by Crippen LogP contribution is -2.49. The van der Waals surface area contributed by atoms with Crippen molar-refractivity contribution >= 4 is 17.9 Å². The number of hydrogen-bond donors (Lipinski definition) is 5. The summed E-state index contributed by atoms with van der Waals surface area (Å²) in [5, 5.41) is 20.8. The van der Waals surface area contributed by atoms with Crippen molar-refractivity contribution in [3.63, 3.8) is 0 Å². The van der Waals surface area contributed by atoms with Crippen molar-refractivity contribution in [3.05, 3.63) is 0 Å². The van der Waals surface area contributed by atoms with E-state index in [4.69, 9.17) is 15.9 Å². The molecule has 0 spiro atoms. The van der Waals surface area contributed by atoms with Gasteiger partial charge in [-0.25, -0.2) is 9.59 Å². The Kier molecular flexibility index (Phi) is 5.00. The number of aliphatic carboxylic acids is 1. The third kappa shape index (κ3) is 4.93. The summed E-state index contributed by atoms with van der Waals surface area (Å²) in [6.45, 7) is -1.14. The minimum Gasteiger partial charge on any atom is -0.480 e. The smallest absolute Gasteiger partial charge is 0.328 e. The fourth-order valence-electron chi connectivity index (χ4n) is 0.562. The van der Waals surface area contributed by atoms with Crippen molar-refractivity contribution < 1.29 is 24.6 Å². The molecular formula is C6H11N3O5. The van der Waals surface area contributed by atoms with Gasteiger partial charge in [0, 0.05) is 0 Å². The zero-order valence-electron chi connectivity index (χ0n) is 7.19. The highest BCUT2D eigenvalue weighted by Crippen LogP contribution is 1.81. The lowest BCUT2D eigenvalue weighted by molar-refractivity contribution is -0.140. The van der Waals surface area contributed by atoms with E-state index in [1.54, 1.807) is 0 Å². The maximum atomic E-state index is 10.8. The fourth-order valence-corrected chi connectivity index (χ4v) is 0.562. The number of carboxylic acids is 1. The number of aliphatic hydroxyl groups excluding tert-OH is 1. The Labute approximate surface area is 79.1 Å². The second-order valence-electron chi connectivity index (χ2n) is 2.37. The van der Waals surface area contributed by atoms with Gasteiger partial charge < -0.3 is 26.6 Å². The monoisotopic (exact) mass is 205 g/mol. The van der Waals surface area contributed by atoms with Crippen molar-refractivity contribution in [1.82, 2.24) is 10.6 Å². The largest absolute Gasteiger partial charge is 0.480 e. The highest BCUT2D eigenvalue weighted by atomic mass is 16.4. The van der Waals surface area contributed by atoms with Crippen LogP contribution in [0, 0.1) is 0 Å². The molecule has 0 radical (unpaired) electrons. The van der Waals surface area contributed by atoms with Crippen LogP contribution in [-0.2, 0) is 9.59 Å². The topological polar surface area (TPSA) is 142 Å². The van der Waals surface area contributed by atoms with Crippen LogP contribution in [0.25, 0.3) is 0 Å². The van der Waals surface area contributed by atoms with Gasteiger partial charge in [0.2, 0.25) is 5.91 Å². The van der Waals surface area contributed by atoms with Gasteiger partial charge in [-0.3, -0.25) is 4.79 Å². The van der Waals surface area contributed by atoms with Gasteiger partial charge in [-0.1, -0.05) is 0 Å². The zero-order valence-corrected chi connectivity index (χ0v) is 7.19. The molecule has 3 amide bonds. The summed E-state index contributed by atoms with van der Waals surface area (Å²) < 4.78 is 0.